The summed E-state index contributed by atoms with van der Waals surface area (Å²) in [4.78, 5) is 27.3. The van der Waals surface area contributed by atoms with Crippen LogP contribution in [0, 0.1) is 0 Å². The van der Waals surface area contributed by atoms with E-state index in [-0.39, 0.29) is 18.5 Å². The first-order valence-electron chi connectivity index (χ1n) is 11.3. The SMILES string of the molecule is CCCN(CC(=O)Nc1cc(-c2ccccc2)nn1-c1ccccc1)C(=O)Nc1ccccc1. The Kier molecular flexibility index (Phi) is 7.35. The molecule has 2 N–H and O–H groups in total. The summed E-state index contributed by atoms with van der Waals surface area (Å²) in [6.45, 7) is 2.35. The average Bonchev–Trinajstić information content (AvgIpc) is 3.29. The lowest BCUT2D eigenvalue weighted by Crippen LogP contribution is -2.41. The van der Waals surface area contributed by atoms with Crippen LogP contribution in [0.3, 0.4) is 0 Å². The maximum absolute atomic E-state index is 13.0. The Bertz CT molecular complexity index is 1220. The van der Waals surface area contributed by atoms with Crippen LogP contribution in [-0.4, -0.2) is 39.7 Å². The third-order valence-corrected chi connectivity index (χ3v) is 5.19. The minimum Gasteiger partial charge on any atom is -0.315 e. The highest BCUT2D eigenvalue weighted by atomic mass is 16.2. The van der Waals surface area contributed by atoms with Gasteiger partial charge in [-0.15, -0.1) is 0 Å². The molecule has 3 amide bonds. The van der Waals surface area contributed by atoms with Gasteiger partial charge >= 0.3 is 6.03 Å². The molecule has 172 valence electrons. The standard InChI is InChI=1S/C27H27N5O2/c1-2-18-31(27(34)28-22-14-8-4-9-15-22)20-26(33)29-25-19-24(21-12-6-3-7-13-21)30-32(25)23-16-10-5-11-17-23/h3-17,19H,2,18,20H2,1H3,(H,28,34)(H,29,33). The van der Waals surface area contributed by atoms with E-state index in [9.17, 15) is 9.59 Å². The molecule has 0 aliphatic rings. The van der Waals surface area contributed by atoms with Crippen molar-refractivity contribution in [2.75, 3.05) is 23.7 Å². The maximum Gasteiger partial charge on any atom is 0.322 e. The van der Waals surface area contributed by atoms with E-state index < -0.39 is 0 Å². The molecule has 0 saturated carbocycles. The van der Waals surface area contributed by atoms with Crippen molar-refractivity contribution in [1.29, 1.82) is 0 Å². The zero-order valence-electron chi connectivity index (χ0n) is 19.0. The van der Waals surface area contributed by atoms with E-state index in [1.165, 1.54) is 4.90 Å². The summed E-state index contributed by atoms with van der Waals surface area (Å²) in [5, 5.41) is 10.5. The van der Waals surface area contributed by atoms with Crippen molar-refractivity contribution in [3.63, 3.8) is 0 Å². The quantitative estimate of drug-likeness (QED) is 0.374. The predicted octanol–water partition coefficient (Wildman–Crippen LogP) is 5.42. The molecule has 4 aromatic rings. The van der Waals surface area contributed by atoms with Crippen LogP contribution < -0.4 is 10.6 Å². The van der Waals surface area contributed by atoms with Gasteiger partial charge in [-0.05, 0) is 30.7 Å². The molecule has 0 spiro atoms. The van der Waals surface area contributed by atoms with Crippen molar-refractivity contribution in [2.45, 2.75) is 13.3 Å². The van der Waals surface area contributed by atoms with Crippen LogP contribution in [0.15, 0.2) is 97.1 Å². The van der Waals surface area contributed by atoms with Gasteiger partial charge in [0.15, 0.2) is 0 Å². The minimum atomic E-state index is -0.315. The Morgan fingerprint density at radius 3 is 2.12 bits per heavy atom. The smallest absolute Gasteiger partial charge is 0.315 e. The van der Waals surface area contributed by atoms with E-state index in [1.54, 1.807) is 4.68 Å². The van der Waals surface area contributed by atoms with Gasteiger partial charge < -0.3 is 15.5 Å². The maximum atomic E-state index is 13.0. The molecule has 7 heteroatoms. The minimum absolute atomic E-state index is 0.0762. The molecule has 0 aliphatic heterocycles. The van der Waals surface area contributed by atoms with Crippen LogP contribution in [0.4, 0.5) is 16.3 Å². The summed E-state index contributed by atoms with van der Waals surface area (Å²) < 4.78 is 1.70. The first-order chi connectivity index (χ1) is 16.6. The molecular weight excluding hydrogens is 426 g/mol. The van der Waals surface area contributed by atoms with Gasteiger partial charge in [0.1, 0.15) is 12.4 Å². The number of nitrogens with one attached hydrogen (secondary N) is 2. The first kappa shape index (κ1) is 22.8. The van der Waals surface area contributed by atoms with E-state index in [4.69, 9.17) is 5.10 Å². The van der Waals surface area contributed by atoms with Crippen LogP contribution in [0.5, 0.6) is 0 Å². The van der Waals surface area contributed by atoms with Gasteiger partial charge in [-0.3, -0.25) is 4.79 Å². The fourth-order valence-electron chi connectivity index (χ4n) is 3.59. The van der Waals surface area contributed by atoms with Crippen LogP contribution in [0.2, 0.25) is 0 Å². The van der Waals surface area contributed by atoms with Gasteiger partial charge in [-0.1, -0.05) is 73.7 Å². The van der Waals surface area contributed by atoms with Gasteiger partial charge in [-0.2, -0.15) is 5.10 Å². The van der Waals surface area contributed by atoms with Gasteiger partial charge in [0.05, 0.1) is 11.4 Å². The van der Waals surface area contributed by atoms with Gasteiger partial charge in [0.25, 0.3) is 0 Å². The molecule has 0 atom stereocenters. The predicted molar refractivity (Wildman–Crippen MR) is 135 cm³/mol. The van der Waals surface area contributed by atoms with Crippen molar-refractivity contribution in [2.24, 2.45) is 0 Å². The van der Waals surface area contributed by atoms with Gasteiger partial charge in [0, 0.05) is 23.9 Å². The van der Waals surface area contributed by atoms with Crippen molar-refractivity contribution in [3.05, 3.63) is 97.1 Å². The van der Waals surface area contributed by atoms with Crippen molar-refractivity contribution < 1.29 is 9.59 Å². The van der Waals surface area contributed by atoms with E-state index in [2.05, 4.69) is 10.6 Å². The largest absolute Gasteiger partial charge is 0.322 e. The topological polar surface area (TPSA) is 79.3 Å². The summed E-state index contributed by atoms with van der Waals surface area (Å²) in [7, 11) is 0. The summed E-state index contributed by atoms with van der Waals surface area (Å²) in [6, 6.07) is 30.1. The van der Waals surface area contributed by atoms with Crippen LogP contribution in [-0.2, 0) is 4.79 Å². The molecule has 0 saturated heterocycles. The zero-order chi connectivity index (χ0) is 23.8. The Labute approximate surface area is 199 Å². The molecule has 7 nitrogen and oxygen atoms in total. The fourth-order valence-corrected chi connectivity index (χ4v) is 3.59. The number of carbonyl (C=O) groups excluding carboxylic acids is 2. The molecular formula is C27H27N5O2. The lowest BCUT2D eigenvalue weighted by atomic mass is 10.1. The monoisotopic (exact) mass is 453 g/mol. The number of aromatic nitrogens is 2. The van der Waals surface area contributed by atoms with E-state index in [1.807, 2.05) is 104 Å². The fraction of sp³-hybridized carbons (Fsp3) is 0.148. The molecule has 0 unspecified atom stereocenters. The third-order valence-electron chi connectivity index (χ3n) is 5.19. The number of hydrogen-bond acceptors (Lipinski definition) is 3. The zero-order valence-corrected chi connectivity index (χ0v) is 19.0. The second-order valence-electron chi connectivity index (χ2n) is 7.79. The summed E-state index contributed by atoms with van der Waals surface area (Å²) in [5.74, 6) is 0.239. The number of hydrogen-bond donors (Lipinski definition) is 2. The highest BCUT2D eigenvalue weighted by molar-refractivity contribution is 5.97. The lowest BCUT2D eigenvalue weighted by molar-refractivity contribution is -0.116. The van der Waals surface area contributed by atoms with Crippen molar-refractivity contribution >= 4 is 23.4 Å². The van der Waals surface area contributed by atoms with E-state index >= 15 is 0 Å². The molecule has 4 rings (SSSR count). The third kappa shape index (κ3) is 5.69. The van der Waals surface area contributed by atoms with E-state index in [0.717, 1.165) is 23.4 Å². The second kappa shape index (κ2) is 11.0. The first-order valence-corrected chi connectivity index (χ1v) is 11.3. The molecule has 0 radical (unpaired) electrons. The number of para-hydroxylation sites is 2. The number of nitrogens with zero attached hydrogens (tertiary/aromatic N) is 3. The number of carbonyl (C=O) groups is 2. The highest BCUT2D eigenvalue weighted by Gasteiger charge is 2.19. The molecule has 1 aromatic heterocycles. The molecule has 0 fully saturated rings. The van der Waals surface area contributed by atoms with Gasteiger partial charge in [0.2, 0.25) is 5.91 Å². The summed E-state index contributed by atoms with van der Waals surface area (Å²) in [5.41, 5.74) is 3.20. The Hall–Kier alpha value is -4.39. The lowest BCUT2D eigenvalue weighted by Gasteiger charge is -2.22. The molecule has 3 aromatic carbocycles. The van der Waals surface area contributed by atoms with Crippen molar-refractivity contribution in [1.82, 2.24) is 14.7 Å². The number of urea groups is 1. The van der Waals surface area contributed by atoms with Crippen LogP contribution in [0.25, 0.3) is 16.9 Å². The van der Waals surface area contributed by atoms with Crippen LogP contribution >= 0.6 is 0 Å². The molecule has 0 bridgehead atoms. The average molecular weight is 454 g/mol. The molecule has 1 heterocycles. The Morgan fingerprint density at radius 2 is 1.47 bits per heavy atom. The van der Waals surface area contributed by atoms with Crippen molar-refractivity contribution in [3.8, 4) is 16.9 Å². The number of anilines is 2. The number of amides is 3. The molecule has 34 heavy (non-hydrogen) atoms. The van der Waals surface area contributed by atoms with E-state index in [0.29, 0.717) is 18.1 Å². The highest BCUT2D eigenvalue weighted by Crippen LogP contribution is 2.24. The summed E-state index contributed by atoms with van der Waals surface area (Å²) >= 11 is 0. The Morgan fingerprint density at radius 1 is 0.853 bits per heavy atom. The number of rotatable bonds is 8. The van der Waals surface area contributed by atoms with Crippen LogP contribution in [0.1, 0.15) is 13.3 Å². The number of benzene rings is 3. The summed E-state index contributed by atoms with van der Waals surface area (Å²) in [6.07, 6.45) is 0.732. The van der Waals surface area contributed by atoms with Gasteiger partial charge in [-0.25, -0.2) is 9.48 Å². The molecule has 0 aliphatic carbocycles. The second-order valence-corrected chi connectivity index (χ2v) is 7.79. The Balaban J connectivity index is 1.54. The normalized spacial score (nSPS) is 10.5.